The third-order valence-corrected chi connectivity index (χ3v) is 1.10. The number of alkyl halides is 3. The van der Waals surface area contributed by atoms with Crippen LogP contribution in [0.2, 0.25) is 0 Å². The number of carboxylic acid groups (broad SMARTS) is 1. The quantitative estimate of drug-likeness (QED) is 0.456. The van der Waals surface area contributed by atoms with Gasteiger partial charge in [0, 0.05) is 0 Å². The van der Waals surface area contributed by atoms with Crippen LogP contribution in [0.25, 0.3) is 0 Å². The minimum Gasteiger partial charge on any atom is -0.542 e. The number of carbonyl (C=O) groups is 2. The van der Waals surface area contributed by atoms with Crippen molar-refractivity contribution in [1.29, 1.82) is 0 Å². The van der Waals surface area contributed by atoms with E-state index in [1.54, 1.807) is 0 Å². The number of hydrogen-bond acceptors (Lipinski definition) is 5. The third-order valence-electron chi connectivity index (χ3n) is 0.656. The maximum Gasteiger partial charge on any atom is 0.527 e. The number of carboxylic acids is 1. The van der Waals surface area contributed by atoms with E-state index in [-0.39, 0.29) is 6.54 Å². The molecular weight excluding hydrogens is 262 g/mol. The lowest BCUT2D eigenvalue weighted by atomic mass is 10.7. The Kier molecular flexibility index (Phi) is 6.93. The number of phosphoric ester groups is 1. The summed E-state index contributed by atoms with van der Waals surface area (Å²) in [5, 5.41) is 8.78. The summed E-state index contributed by atoms with van der Waals surface area (Å²) >= 11 is 0. The van der Waals surface area contributed by atoms with Crippen molar-refractivity contribution in [2.24, 2.45) is 0 Å². The van der Waals surface area contributed by atoms with Crippen molar-refractivity contribution in [2.75, 3.05) is 6.54 Å². The van der Waals surface area contributed by atoms with E-state index >= 15 is 0 Å². The molecule has 0 saturated carbocycles. The molecule has 0 saturated heterocycles. The van der Waals surface area contributed by atoms with Gasteiger partial charge in [-0.3, -0.25) is 9.79 Å². The molecule has 0 spiro atoms. The molecule has 0 aliphatic rings. The third kappa shape index (κ3) is 12.8. The molecule has 96 valence electrons. The Morgan fingerprint density at radius 2 is 1.69 bits per heavy atom. The summed E-state index contributed by atoms with van der Waals surface area (Å²) in [6.07, 6.45) is -5.19. The van der Waals surface area contributed by atoms with Gasteiger partial charge in [0.2, 0.25) is 0 Å². The predicted octanol–water partition coefficient (Wildman–Crippen LogP) is -2.84. The van der Waals surface area contributed by atoms with Crippen molar-refractivity contribution in [1.82, 2.24) is 0 Å². The van der Waals surface area contributed by atoms with Gasteiger partial charge in [-0.25, -0.2) is 9.36 Å². The Hall–Kier alpha value is -1.16. The van der Waals surface area contributed by atoms with E-state index in [0.717, 1.165) is 0 Å². The normalized spacial score (nSPS) is 11.1. The van der Waals surface area contributed by atoms with Crippen LogP contribution in [0.4, 0.5) is 13.2 Å². The molecule has 0 heterocycles. The molecule has 12 heteroatoms. The first-order valence-electron chi connectivity index (χ1n) is 3.25. The molecule has 0 aliphatic carbocycles. The van der Waals surface area contributed by atoms with Crippen molar-refractivity contribution < 1.29 is 52.5 Å². The summed E-state index contributed by atoms with van der Waals surface area (Å²) in [6.45, 7) is -0.287. The van der Waals surface area contributed by atoms with Crippen molar-refractivity contribution in [3.8, 4) is 0 Å². The predicted molar refractivity (Wildman–Crippen MR) is 37.0 cm³/mol. The maximum absolute atomic E-state index is 10.5. The van der Waals surface area contributed by atoms with E-state index < -0.39 is 25.9 Å². The van der Waals surface area contributed by atoms with Crippen LogP contribution in [0, 0.1) is 0 Å². The number of phosphoric acid groups is 1. The zero-order valence-corrected chi connectivity index (χ0v) is 8.33. The van der Waals surface area contributed by atoms with Crippen LogP contribution in [0.15, 0.2) is 0 Å². The second-order valence-corrected chi connectivity index (χ2v) is 3.15. The number of rotatable bonds is 2. The van der Waals surface area contributed by atoms with Crippen LogP contribution < -0.4 is 10.8 Å². The number of aliphatic carboxylic acids is 1. The summed E-state index contributed by atoms with van der Waals surface area (Å²) in [5.74, 6) is -4.02. The Bertz CT molecular complexity index is 296. The average molecular weight is 269 g/mol. The topological polar surface area (TPSA) is 152 Å². The highest BCUT2D eigenvalue weighted by Gasteiger charge is 2.28. The van der Waals surface area contributed by atoms with Crippen molar-refractivity contribution >= 4 is 19.8 Å². The van der Waals surface area contributed by atoms with Crippen molar-refractivity contribution in [3.63, 3.8) is 0 Å². The Morgan fingerprint density at radius 3 is 1.75 bits per heavy atom. The molecule has 0 unspecified atom stereocenters. The van der Waals surface area contributed by atoms with Gasteiger partial charge >= 0.3 is 20.0 Å². The standard InChI is InChI=1S/C2HF3O2.C2H6NO5P/c3-2(4,5)1(6)7;3-1-2(4)8-9(5,6)7/h(H,6,7);1,3H2,(H2,5,6,7). The number of carbonyl (C=O) groups excluding carboxylic acids is 2. The van der Waals surface area contributed by atoms with Crippen LogP contribution in [0.1, 0.15) is 0 Å². The molecule has 0 bridgehead atoms. The van der Waals surface area contributed by atoms with Gasteiger partial charge < -0.3 is 20.2 Å². The first-order chi connectivity index (χ1) is 6.90. The number of quaternary nitrogens is 1. The lowest BCUT2D eigenvalue weighted by molar-refractivity contribution is -0.358. The molecular formula is C4H7F3NO7P. The van der Waals surface area contributed by atoms with Crippen LogP contribution in [0.5, 0.6) is 0 Å². The molecule has 0 aromatic rings. The minimum atomic E-state index is -5.19. The van der Waals surface area contributed by atoms with E-state index in [2.05, 4.69) is 10.3 Å². The van der Waals surface area contributed by atoms with E-state index in [1.807, 2.05) is 0 Å². The van der Waals surface area contributed by atoms with Crippen LogP contribution >= 0.6 is 7.82 Å². The van der Waals surface area contributed by atoms with Gasteiger partial charge in [0.25, 0.3) is 0 Å². The molecule has 5 N–H and O–H groups in total. The molecule has 8 nitrogen and oxygen atoms in total. The molecule has 0 aliphatic heterocycles. The van der Waals surface area contributed by atoms with E-state index in [4.69, 9.17) is 19.7 Å². The van der Waals surface area contributed by atoms with Crippen LogP contribution in [0.3, 0.4) is 0 Å². The SMILES string of the molecule is O=C([O-])C(F)(F)F.[NH3+]CC(=O)OP(=O)(O)O. The van der Waals surface area contributed by atoms with Crippen LogP contribution in [-0.4, -0.2) is 34.4 Å². The molecule has 0 amide bonds. The Labute approximate surface area is 86.0 Å². The second kappa shape index (κ2) is 6.43. The van der Waals surface area contributed by atoms with E-state index in [1.165, 1.54) is 0 Å². The zero-order chi connectivity index (χ0) is 13.6. The fourth-order valence-electron chi connectivity index (χ4n) is 0.178. The van der Waals surface area contributed by atoms with Gasteiger partial charge in [-0.15, -0.1) is 0 Å². The van der Waals surface area contributed by atoms with Gasteiger partial charge in [-0.2, -0.15) is 13.2 Å². The first kappa shape index (κ1) is 17.2. The van der Waals surface area contributed by atoms with Gasteiger partial charge in [0.1, 0.15) is 5.97 Å². The zero-order valence-electron chi connectivity index (χ0n) is 7.43. The highest BCUT2D eigenvalue weighted by molar-refractivity contribution is 7.46. The fraction of sp³-hybridized carbons (Fsp3) is 0.500. The van der Waals surface area contributed by atoms with E-state index in [9.17, 15) is 22.5 Å². The second-order valence-electron chi connectivity index (χ2n) is 1.99. The smallest absolute Gasteiger partial charge is 0.527 e. The Balaban J connectivity index is 0. The Morgan fingerprint density at radius 1 is 1.38 bits per heavy atom. The molecule has 0 aromatic heterocycles. The highest BCUT2D eigenvalue weighted by atomic mass is 31.2. The van der Waals surface area contributed by atoms with Crippen LogP contribution in [-0.2, 0) is 18.7 Å². The minimum absolute atomic E-state index is 0.287. The first-order valence-corrected chi connectivity index (χ1v) is 4.78. The van der Waals surface area contributed by atoms with E-state index in [0.29, 0.717) is 0 Å². The van der Waals surface area contributed by atoms with Gasteiger partial charge in [0.05, 0.1) is 0 Å². The average Bonchev–Trinajstić information content (AvgIpc) is 2.00. The fourth-order valence-corrected chi connectivity index (χ4v) is 0.535. The molecule has 0 atom stereocenters. The number of hydrogen-bond donors (Lipinski definition) is 3. The van der Waals surface area contributed by atoms with Gasteiger partial charge in [0.15, 0.2) is 6.54 Å². The summed E-state index contributed by atoms with van der Waals surface area (Å²) in [5.41, 5.74) is 3.05. The molecule has 0 aromatic carbocycles. The summed E-state index contributed by atoms with van der Waals surface area (Å²) in [6, 6.07) is 0. The highest BCUT2D eigenvalue weighted by Crippen LogP contribution is 2.35. The summed E-state index contributed by atoms with van der Waals surface area (Å²) in [7, 11) is -4.63. The lowest BCUT2D eigenvalue weighted by Gasteiger charge is -2.03. The van der Waals surface area contributed by atoms with Crippen molar-refractivity contribution in [2.45, 2.75) is 6.18 Å². The molecule has 16 heavy (non-hydrogen) atoms. The van der Waals surface area contributed by atoms with Gasteiger partial charge in [-0.1, -0.05) is 0 Å². The lowest BCUT2D eigenvalue weighted by Crippen LogP contribution is -2.54. The summed E-state index contributed by atoms with van der Waals surface area (Å²) in [4.78, 5) is 34.8. The monoisotopic (exact) mass is 269 g/mol. The molecule has 0 rings (SSSR count). The molecule has 0 radical (unpaired) electrons. The van der Waals surface area contributed by atoms with Gasteiger partial charge in [-0.05, 0) is 0 Å². The summed E-state index contributed by atoms with van der Waals surface area (Å²) < 4.78 is 44.9. The number of halogens is 3. The molecule has 0 fully saturated rings. The van der Waals surface area contributed by atoms with Crippen molar-refractivity contribution in [3.05, 3.63) is 0 Å². The maximum atomic E-state index is 10.5. The largest absolute Gasteiger partial charge is 0.542 e.